The maximum Gasteiger partial charge on any atom is 0.0991 e. The molecule has 2 unspecified atom stereocenters. The Morgan fingerprint density at radius 2 is 2.00 bits per heavy atom. The molecule has 0 spiro atoms. The van der Waals surface area contributed by atoms with E-state index in [4.69, 9.17) is 23.2 Å². The third-order valence-corrected chi connectivity index (χ3v) is 4.30. The van der Waals surface area contributed by atoms with Gasteiger partial charge in [-0.3, -0.25) is 0 Å². The van der Waals surface area contributed by atoms with Gasteiger partial charge in [0, 0.05) is 12.6 Å². The summed E-state index contributed by atoms with van der Waals surface area (Å²) in [6.07, 6.45) is 0.769. The van der Waals surface area contributed by atoms with Gasteiger partial charge in [-0.2, -0.15) is 0 Å². The highest BCUT2D eigenvalue weighted by Gasteiger charge is 2.23. The molecule has 2 atom stereocenters. The van der Waals surface area contributed by atoms with Gasteiger partial charge in [0.15, 0.2) is 0 Å². The van der Waals surface area contributed by atoms with Crippen molar-refractivity contribution in [2.24, 2.45) is 5.92 Å². The summed E-state index contributed by atoms with van der Waals surface area (Å²) in [6.45, 7) is 8.63. The zero-order valence-electron chi connectivity index (χ0n) is 11.3. The van der Waals surface area contributed by atoms with E-state index in [0.717, 1.165) is 12.0 Å². The minimum atomic E-state index is -0.700. The Balaban J connectivity index is 2.55. The van der Waals surface area contributed by atoms with Crippen molar-refractivity contribution in [1.29, 1.82) is 0 Å². The van der Waals surface area contributed by atoms with Crippen molar-refractivity contribution in [2.45, 2.75) is 45.8 Å². The van der Waals surface area contributed by atoms with Crippen LogP contribution in [0.25, 0.3) is 0 Å². The predicted octanol–water partition coefficient (Wildman–Crippen LogP) is 4.50. The number of nitrogens with one attached hydrogen (secondary N) is 1. The molecule has 0 aromatic carbocycles. The Kier molecular flexibility index (Phi) is 5.94. The Hall–Kier alpha value is 0.200. The summed E-state index contributed by atoms with van der Waals surface area (Å²) in [6, 6.07) is 1.96. The molecule has 0 amide bonds. The van der Waals surface area contributed by atoms with Gasteiger partial charge < -0.3 is 10.4 Å². The summed E-state index contributed by atoms with van der Waals surface area (Å²) in [4.78, 5) is 0. The van der Waals surface area contributed by atoms with Crippen molar-refractivity contribution in [1.82, 2.24) is 5.32 Å². The van der Waals surface area contributed by atoms with Gasteiger partial charge in [-0.05, 0) is 37.8 Å². The number of halogens is 2. The smallest absolute Gasteiger partial charge is 0.0991 e. The summed E-state index contributed by atoms with van der Waals surface area (Å²) < 4.78 is 1.40. The fourth-order valence-electron chi connectivity index (χ4n) is 2.08. The zero-order valence-corrected chi connectivity index (χ0v) is 13.6. The van der Waals surface area contributed by atoms with Gasteiger partial charge in [0.05, 0.1) is 14.3 Å². The molecule has 0 saturated carbocycles. The average molecular weight is 310 g/mol. The van der Waals surface area contributed by atoms with E-state index in [-0.39, 0.29) is 6.04 Å². The quantitative estimate of drug-likeness (QED) is 0.810. The first kappa shape index (κ1) is 16.3. The highest BCUT2D eigenvalue weighted by molar-refractivity contribution is 7.20. The summed E-state index contributed by atoms with van der Waals surface area (Å²) in [5.74, 6) is 0.469. The molecule has 0 radical (unpaired) electrons. The Labute approximate surface area is 123 Å². The standard InChI is InChI=1S/C13H21Cl2NOS/c1-8(2)6-13(4,17)7-16-9(3)10-5-11(14)18-12(10)15/h5,8-9,16-17H,6-7H2,1-4H3. The van der Waals surface area contributed by atoms with Crippen LogP contribution in [-0.2, 0) is 0 Å². The second-order valence-corrected chi connectivity index (χ2v) is 7.76. The molecule has 5 heteroatoms. The monoisotopic (exact) mass is 309 g/mol. The number of hydrogen-bond donors (Lipinski definition) is 2. The van der Waals surface area contributed by atoms with E-state index in [0.29, 0.717) is 21.1 Å². The molecule has 18 heavy (non-hydrogen) atoms. The fourth-order valence-corrected chi connectivity index (χ4v) is 3.73. The SMILES string of the molecule is CC(C)CC(C)(O)CNC(C)c1cc(Cl)sc1Cl. The number of hydrogen-bond acceptors (Lipinski definition) is 3. The highest BCUT2D eigenvalue weighted by Crippen LogP contribution is 2.34. The molecular formula is C13H21Cl2NOS. The minimum Gasteiger partial charge on any atom is -0.389 e. The van der Waals surface area contributed by atoms with Crippen molar-refractivity contribution in [3.63, 3.8) is 0 Å². The molecule has 0 aliphatic carbocycles. The molecule has 0 aliphatic rings. The molecule has 104 valence electrons. The van der Waals surface area contributed by atoms with E-state index >= 15 is 0 Å². The van der Waals surface area contributed by atoms with E-state index in [9.17, 15) is 5.11 Å². The molecule has 0 bridgehead atoms. The summed E-state index contributed by atoms with van der Waals surface area (Å²) in [5.41, 5.74) is 0.293. The first-order chi connectivity index (χ1) is 8.21. The molecule has 0 saturated heterocycles. The lowest BCUT2D eigenvalue weighted by atomic mass is 9.94. The maximum absolute atomic E-state index is 10.2. The van der Waals surface area contributed by atoms with Crippen molar-refractivity contribution < 1.29 is 5.11 Å². The molecule has 1 rings (SSSR count). The third-order valence-electron chi connectivity index (χ3n) is 2.79. The fraction of sp³-hybridized carbons (Fsp3) is 0.692. The van der Waals surface area contributed by atoms with E-state index in [1.807, 2.05) is 19.9 Å². The molecule has 1 heterocycles. The first-order valence-corrected chi connectivity index (χ1v) is 7.69. The van der Waals surface area contributed by atoms with Crippen molar-refractivity contribution >= 4 is 34.5 Å². The van der Waals surface area contributed by atoms with Crippen LogP contribution in [0.1, 0.15) is 45.7 Å². The normalized spacial score (nSPS) is 16.9. The molecule has 1 aromatic rings. The van der Waals surface area contributed by atoms with Crippen molar-refractivity contribution in [3.05, 3.63) is 20.3 Å². The summed E-state index contributed by atoms with van der Waals surface area (Å²) >= 11 is 13.4. The van der Waals surface area contributed by atoms with Gasteiger partial charge >= 0.3 is 0 Å². The molecule has 2 nitrogen and oxygen atoms in total. The van der Waals surface area contributed by atoms with Gasteiger partial charge in [-0.15, -0.1) is 11.3 Å². The van der Waals surface area contributed by atoms with E-state index in [1.165, 1.54) is 11.3 Å². The van der Waals surface area contributed by atoms with Crippen LogP contribution in [0.2, 0.25) is 8.67 Å². The lowest BCUT2D eigenvalue weighted by molar-refractivity contribution is 0.0363. The van der Waals surface area contributed by atoms with Crippen LogP contribution in [0.3, 0.4) is 0 Å². The zero-order chi connectivity index (χ0) is 13.9. The number of rotatable bonds is 6. The van der Waals surface area contributed by atoms with Crippen LogP contribution < -0.4 is 5.32 Å². The third kappa shape index (κ3) is 5.06. The van der Waals surface area contributed by atoms with Crippen LogP contribution in [0.4, 0.5) is 0 Å². The Bertz CT molecular complexity index is 390. The van der Waals surface area contributed by atoms with Gasteiger partial charge in [-0.1, -0.05) is 37.0 Å². The highest BCUT2D eigenvalue weighted by atomic mass is 35.5. The van der Waals surface area contributed by atoms with Gasteiger partial charge in [0.2, 0.25) is 0 Å². The minimum absolute atomic E-state index is 0.0832. The molecule has 0 fully saturated rings. The van der Waals surface area contributed by atoms with Gasteiger partial charge in [-0.25, -0.2) is 0 Å². The number of aliphatic hydroxyl groups is 1. The lowest BCUT2D eigenvalue weighted by Gasteiger charge is -2.27. The summed E-state index contributed by atoms with van der Waals surface area (Å²) in [5, 5.41) is 13.5. The predicted molar refractivity (Wildman–Crippen MR) is 80.8 cm³/mol. The van der Waals surface area contributed by atoms with Crippen LogP contribution in [0, 0.1) is 5.92 Å². The maximum atomic E-state index is 10.2. The van der Waals surface area contributed by atoms with Crippen LogP contribution >= 0.6 is 34.5 Å². The Morgan fingerprint density at radius 1 is 1.39 bits per heavy atom. The topological polar surface area (TPSA) is 32.3 Å². The van der Waals surface area contributed by atoms with Gasteiger partial charge in [0.1, 0.15) is 0 Å². The molecular weight excluding hydrogens is 289 g/mol. The van der Waals surface area contributed by atoms with Crippen LogP contribution in [0.5, 0.6) is 0 Å². The van der Waals surface area contributed by atoms with E-state index in [2.05, 4.69) is 19.2 Å². The van der Waals surface area contributed by atoms with Crippen molar-refractivity contribution in [2.75, 3.05) is 6.54 Å². The number of thiophene rings is 1. The van der Waals surface area contributed by atoms with Gasteiger partial charge in [0.25, 0.3) is 0 Å². The second-order valence-electron chi connectivity index (χ2n) is 5.48. The van der Waals surface area contributed by atoms with Crippen LogP contribution in [-0.4, -0.2) is 17.3 Å². The van der Waals surface area contributed by atoms with Crippen LogP contribution in [0.15, 0.2) is 6.07 Å². The second kappa shape index (κ2) is 6.58. The summed E-state index contributed by atoms with van der Waals surface area (Å²) in [7, 11) is 0. The van der Waals surface area contributed by atoms with E-state index < -0.39 is 5.60 Å². The first-order valence-electron chi connectivity index (χ1n) is 6.12. The van der Waals surface area contributed by atoms with Crippen molar-refractivity contribution in [3.8, 4) is 0 Å². The molecule has 0 aliphatic heterocycles. The molecule has 1 aromatic heterocycles. The Morgan fingerprint density at radius 3 is 2.44 bits per heavy atom. The van der Waals surface area contributed by atoms with E-state index in [1.54, 1.807) is 0 Å². The molecule has 2 N–H and O–H groups in total. The lowest BCUT2D eigenvalue weighted by Crippen LogP contribution is -2.39. The largest absolute Gasteiger partial charge is 0.389 e. The average Bonchev–Trinajstić information content (AvgIpc) is 2.52.